The summed E-state index contributed by atoms with van der Waals surface area (Å²) in [6.45, 7) is 10.9. The molecular weight excluding hydrogens is 400 g/mol. The van der Waals surface area contributed by atoms with Gasteiger partial charge in [0.25, 0.3) is 5.91 Å². The van der Waals surface area contributed by atoms with Gasteiger partial charge in [0.1, 0.15) is 0 Å². The number of hydrogen-bond acceptors (Lipinski definition) is 3. The molecule has 7 heteroatoms. The monoisotopic (exact) mass is 433 g/mol. The van der Waals surface area contributed by atoms with E-state index in [0.717, 1.165) is 59.6 Å². The van der Waals surface area contributed by atoms with E-state index in [9.17, 15) is 4.79 Å². The van der Waals surface area contributed by atoms with Crippen LogP contribution in [0.25, 0.3) is 5.69 Å². The minimum atomic E-state index is -0.268. The molecule has 0 saturated heterocycles. The molecule has 1 amide bonds. The molecule has 1 aromatic carbocycles. The first kappa shape index (κ1) is 22.0. The zero-order valence-corrected chi connectivity index (χ0v) is 19.6. The Labute approximate surface area is 189 Å². The van der Waals surface area contributed by atoms with Crippen molar-refractivity contribution in [1.29, 1.82) is 0 Å². The summed E-state index contributed by atoms with van der Waals surface area (Å²) < 4.78 is 2.01. The Bertz CT molecular complexity index is 1140. The fraction of sp³-hybridized carbons (Fsp3) is 0.440. The van der Waals surface area contributed by atoms with Gasteiger partial charge >= 0.3 is 0 Å². The summed E-state index contributed by atoms with van der Waals surface area (Å²) in [5.41, 5.74) is 9.52. The Morgan fingerprint density at radius 3 is 2.78 bits per heavy atom. The van der Waals surface area contributed by atoms with Gasteiger partial charge in [-0.15, -0.1) is 0 Å². The average Bonchev–Trinajstić information content (AvgIpc) is 3.35. The summed E-state index contributed by atoms with van der Waals surface area (Å²) in [4.78, 5) is 12.9. The maximum Gasteiger partial charge on any atom is 0.292 e. The van der Waals surface area contributed by atoms with Gasteiger partial charge in [0.15, 0.2) is 5.69 Å². The lowest BCUT2D eigenvalue weighted by atomic mass is 9.69. The Balaban J connectivity index is 1.49. The topological polar surface area (TPSA) is 89.8 Å². The molecule has 1 aliphatic carbocycles. The van der Waals surface area contributed by atoms with Crippen molar-refractivity contribution in [2.45, 2.75) is 60.3 Å². The van der Waals surface area contributed by atoms with E-state index in [1.807, 2.05) is 48.9 Å². The second-order valence-electron chi connectivity index (χ2n) is 9.42. The van der Waals surface area contributed by atoms with Gasteiger partial charge in [0, 0.05) is 30.3 Å². The first-order valence-electron chi connectivity index (χ1n) is 11.4. The Kier molecular flexibility index (Phi) is 6.00. The Morgan fingerprint density at radius 2 is 2.06 bits per heavy atom. The van der Waals surface area contributed by atoms with Crippen molar-refractivity contribution in [2.75, 3.05) is 0 Å². The number of nitrogens with one attached hydrogen (secondary N) is 3. The van der Waals surface area contributed by atoms with Crippen molar-refractivity contribution in [1.82, 2.24) is 20.7 Å². The second kappa shape index (κ2) is 8.73. The van der Waals surface area contributed by atoms with E-state index in [-0.39, 0.29) is 11.3 Å². The summed E-state index contributed by atoms with van der Waals surface area (Å²) in [6.07, 6.45) is 5.76. The predicted molar refractivity (Wildman–Crippen MR) is 125 cm³/mol. The van der Waals surface area contributed by atoms with E-state index in [2.05, 4.69) is 46.6 Å². The summed E-state index contributed by atoms with van der Waals surface area (Å²) >= 11 is 0. The third-order valence-electron chi connectivity index (χ3n) is 7.16. The molecule has 1 unspecified atom stereocenters. The lowest BCUT2D eigenvalue weighted by molar-refractivity contribution is -0.661. The van der Waals surface area contributed by atoms with Crippen LogP contribution >= 0.6 is 0 Å². The highest BCUT2D eigenvalue weighted by Gasteiger charge is 2.34. The minimum Gasteiger partial charge on any atom is -0.281 e. The Hall–Kier alpha value is -3.22. The molecule has 168 valence electrons. The first-order chi connectivity index (χ1) is 15.3. The third kappa shape index (κ3) is 4.11. The number of H-pyrrole nitrogens is 2. The van der Waals surface area contributed by atoms with Crippen LogP contribution in [0.2, 0.25) is 0 Å². The fourth-order valence-electron chi connectivity index (χ4n) is 4.58. The van der Waals surface area contributed by atoms with Gasteiger partial charge in [-0.3, -0.25) is 9.89 Å². The van der Waals surface area contributed by atoms with Crippen LogP contribution in [0.5, 0.6) is 0 Å². The van der Waals surface area contributed by atoms with Gasteiger partial charge < -0.3 is 0 Å². The molecule has 4 rings (SSSR count). The number of carbonyl (C=O) groups is 1. The van der Waals surface area contributed by atoms with Gasteiger partial charge in [-0.05, 0) is 37.5 Å². The SMILES string of the molecule is CCC(C)(C)C1CCc2[nH]nc(C(=O)NN=Cc3c(C)[nH][n+](-c4ccccc4)c3C)c2C1. The number of para-hydroxylation sites is 1. The first-order valence-corrected chi connectivity index (χ1v) is 11.4. The van der Waals surface area contributed by atoms with E-state index in [1.165, 1.54) is 0 Å². The quantitative estimate of drug-likeness (QED) is 0.312. The van der Waals surface area contributed by atoms with Crippen LogP contribution in [-0.2, 0) is 12.8 Å². The molecule has 0 spiro atoms. The average molecular weight is 434 g/mol. The molecule has 0 fully saturated rings. The number of hydrogen-bond donors (Lipinski definition) is 3. The number of aromatic amines is 2. The summed E-state index contributed by atoms with van der Waals surface area (Å²) in [5.74, 6) is 0.279. The Morgan fingerprint density at radius 1 is 1.31 bits per heavy atom. The normalized spacial score (nSPS) is 16.3. The molecule has 7 nitrogen and oxygen atoms in total. The fourth-order valence-corrected chi connectivity index (χ4v) is 4.58. The molecule has 0 radical (unpaired) electrons. The zero-order chi connectivity index (χ0) is 22.9. The molecule has 2 heterocycles. The van der Waals surface area contributed by atoms with Gasteiger partial charge in [-0.2, -0.15) is 15.3 Å². The smallest absolute Gasteiger partial charge is 0.281 e. The van der Waals surface area contributed by atoms with Gasteiger partial charge in [-0.1, -0.05) is 50.1 Å². The molecule has 0 saturated carbocycles. The van der Waals surface area contributed by atoms with Crippen LogP contribution in [-0.4, -0.2) is 27.4 Å². The standard InChI is InChI=1S/C25H32N6O/c1-6-25(4,5)18-12-13-22-20(14-18)23(28-27-22)24(32)29-26-15-21-16(2)30-31(17(21)3)19-10-8-7-9-11-19/h7-11,15,18H,6,12-14H2,1-5H3,(H2,27,28,29,32)/p+1. The van der Waals surface area contributed by atoms with Crippen LogP contribution < -0.4 is 10.1 Å². The van der Waals surface area contributed by atoms with Crippen molar-refractivity contribution in [3.63, 3.8) is 0 Å². The van der Waals surface area contributed by atoms with Gasteiger partial charge in [0.05, 0.1) is 17.5 Å². The number of hydrazone groups is 1. The minimum absolute atomic E-state index is 0.248. The predicted octanol–water partition coefficient (Wildman–Crippen LogP) is 3.94. The number of amides is 1. The van der Waals surface area contributed by atoms with E-state index in [4.69, 9.17) is 0 Å². The van der Waals surface area contributed by atoms with E-state index in [0.29, 0.717) is 11.6 Å². The highest BCUT2D eigenvalue weighted by atomic mass is 16.2. The molecule has 3 aromatic rings. The number of benzene rings is 1. The number of aryl methyl sites for hydroxylation is 2. The van der Waals surface area contributed by atoms with Crippen molar-refractivity contribution < 1.29 is 9.48 Å². The molecule has 0 aliphatic heterocycles. The van der Waals surface area contributed by atoms with Crippen LogP contribution in [0, 0.1) is 25.2 Å². The number of nitrogens with zero attached hydrogens (tertiary/aromatic N) is 3. The molecular formula is C25H33N6O+. The van der Waals surface area contributed by atoms with Crippen molar-refractivity contribution in [3.05, 3.63) is 64.2 Å². The number of aromatic nitrogens is 4. The van der Waals surface area contributed by atoms with Crippen LogP contribution in [0.4, 0.5) is 0 Å². The zero-order valence-electron chi connectivity index (χ0n) is 19.6. The molecule has 1 aliphatic rings. The number of fused-ring (bicyclic) bond motifs is 1. The van der Waals surface area contributed by atoms with Crippen molar-refractivity contribution >= 4 is 12.1 Å². The summed E-state index contributed by atoms with van der Waals surface area (Å²) in [7, 11) is 0. The van der Waals surface area contributed by atoms with E-state index in [1.54, 1.807) is 6.21 Å². The maximum atomic E-state index is 12.9. The molecule has 0 bridgehead atoms. The van der Waals surface area contributed by atoms with Crippen molar-refractivity contribution in [3.8, 4) is 5.69 Å². The number of rotatable bonds is 6. The summed E-state index contributed by atoms with van der Waals surface area (Å²) in [6, 6.07) is 10.1. The lowest BCUT2D eigenvalue weighted by Gasteiger charge is -2.36. The second-order valence-corrected chi connectivity index (χ2v) is 9.42. The lowest BCUT2D eigenvalue weighted by Crippen LogP contribution is -2.35. The summed E-state index contributed by atoms with van der Waals surface area (Å²) in [5, 5.41) is 15.0. The third-order valence-corrected chi connectivity index (χ3v) is 7.16. The largest absolute Gasteiger partial charge is 0.292 e. The van der Waals surface area contributed by atoms with E-state index >= 15 is 0 Å². The molecule has 1 atom stereocenters. The van der Waals surface area contributed by atoms with Crippen molar-refractivity contribution in [2.24, 2.45) is 16.4 Å². The van der Waals surface area contributed by atoms with E-state index < -0.39 is 0 Å². The highest BCUT2D eigenvalue weighted by Crippen LogP contribution is 2.40. The molecule has 32 heavy (non-hydrogen) atoms. The van der Waals surface area contributed by atoms with Crippen LogP contribution in [0.15, 0.2) is 35.4 Å². The van der Waals surface area contributed by atoms with Gasteiger partial charge in [-0.25, -0.2) is 5.43 Å². The molecule has 2 aromatic heterocycles. The molecule has 3 N–H and O–H groups in total. The van der Waals surface area contributed by atoms with Crippen LogP contribution in [0.3, 0.4) is 0 Å². The van der Waals surface area contributed by atoms with Gasteiger partial charge in [0.2, 0.25) is 11.4 Å². The van der Waals surface area contributed by atoms with Crippen LogP contribution in [0.1, 0.15) is 72.3 Å². The maximum absolute atomic E-state index is 12.9. The number of carbonyl (C=O) groups excluding carboxylic acids is 1. The highest BCUT2D eigenvalue weighted by molar-refractivity contribution is 5.94.